The molecule has 0 spiro atoms. The Morgan fingerprint density at radius 2 is 1.91 bits per heavy atom. The third-order valence-corrected chi connectivity index (χ3v) is 7.16. The minimum Gasteiger partial charge on any atom is -0.508 e. The van der Waals surface area contributed by atoms with Gasteiger partial charge in [0.1, 0.15) is 23.1 Å². The number of halogens is 2. The van der Waals surface area contributed by atoms with E-state index in [0.29, 0.717) is 39.8 Å². The molecule has 8 heteroatoms. The number of hydrogen-bond donors (Lipinski definition) is 3. The Bertz CT molecular complexity index is 1570. The third kappa shape index (κ3) is 3.27. The molecule has 6 rings (SSSR count). The fraction of sp³-hybridized carbons (Fsp3) is 0.259. The molecule has 4 heterocycles. The van der Waals surface area contributed by atoms with E-state index >= 15 is 4.39 Å². The molecule has 2 aliphatic heterocycles. The van der Waals surface area contributed by atoms with Crippen LogP contribution in [0, 0.1) is 30.9 Å². The van der Waals surface area contributed by atoms with Crippen LogP contribution in [-0.2, 0) is 0 Å². The van der Waals surface area contributed by atoms with Crippen molar-refractivity contribution < 1.29 is 13.9 Å². The van der Waals surface area contributed by atoms with Crippen LogP contribution >= 0.6 is 0 Å². The molecule has 0 amide bonds. The number of anilines is 2. The van der Waals surface area contributed by atoms with Gasteiger partial charge in [-0.05, 0) is 43.4 Å². The number of rotatable bonds is 2. The average molecular weight is 472 g/mol. The van der Waals surface area contributed by atoms with Crippen LogP contribution in [0.2, 0.25) is 0 Å². The maximum atomic E-state index is 16.3. The van der Waals surface area contributed by atoms with Gasteiger partial charge < -0.3 is 21.1 Å². The molecular formula is C27H23F2N5O. The number of aromatic nitrogens is 2. The third-order valence-electron chi connectivity index (χ3n) is 7.16. The van der Waals surface area contributed by atoms with Gasteiger partial charge in [0.2, 0.25) is 0 Å². The van der Waals surface area contributed by atoms with Gasteiger partial charge in [0.15, 0.2) is 5.82 Å². The summed E-state index contributed by atoms with van der Waals surface area (Å²) in [6.45, 7) is 3.30. The number of aryl methyl sites for hydroxylation is 1. The topological polar surface area (TPSA) is 87.3 Å². The summed E-state index contributed by atoms with van der Waals surface area (Å²) in [4.78, 5) is 11.3. The van der Waals surface area contributed by atoms with E-state index in [1.54, 1.807) is 13.1 Å². The lowest BCUT2D eigenvalue weighted by Gasteiger charge is -2.34. The van der Waals surface area contributed by atoms with Crippen LogP contribution < -0.4 is 16.0 Å². The molecule has 2 fully saturated rings. The van der Waals surface area contributed by atoms with Crippen molar-refractivity contribution in [1.29, 1.82) is 0 Å². The molecule has 2 aromatic heterocycles. The highest BCUT2D eigenvalue weighted by Gasteiger charge is 2.34. The average Bonchev–Trinajstić information content (AvgIpc) is 3.18. The van der Waals surface area contributed by atoms with Crippen molar-refractivity contribution in [3.8, 4) is 29.4 Å². The van der Waals surface area contributed by atoms with Crippen LogP contribution in [0.1, 0.15) is 24.1 Å². The molecule has 2 bridgehead atoms. The van der Waals surface area contributed by atoms with Crippen LogP contribution in [0.4, 0.5) is 20.3 Å². The molecule has 35 heavy (non-hydrogen) atoms. The lowest BCUT2D eigenvalue weighted by Crippen LogP contribution is -2.51. The number of nitrogen functional groups attached to an aromatic ring is 1. The summed E-state index contributed by atoms with van der Waals surface area (Å²) in [6, 6.07) is 6.26. The molecule has 0 aliphatic carbocycles. The number of nitrogens with two attached hydrogens (primary N) is 1. The fourth-order valence-electron chi connectivity index (χ4n) is 5.53. The highest BCUT2D eigenvalue weighted by molar-refractivity contribution is 6.06. The van der Waals surface area contributed by atoms with Gasteiger partial charge in [0.25, 0.3) is 0 Å². The second kappa shape index (κ2) is 7.79. The summed E-state index contributed by atoms with van der Waals surface area (Å²) in [7, 11) is 0. The predicted octanol–water partition coefficient (Wildman–Crippen LogP) is 4.25. The van der Waals surface area contributed by atoms with Gasteiger partial charge in [-0.3, -0.25) is 4.98 Å². The minimum atomic E-state index is -0.663. The van der Waals surface area contributed by atoms with Crippen molar-refractivity contribution in [3.63, 3.8) is 0 Å². The minimum absolute atomic E-state index is 0.0188. The first kappa shape index (κ1) is 21.6. The van der Waals surface area contributed by atoms with E-state index in [9.17, 15) is 9.50 Å². The SMILES string of the molecule is C#Cc1c(F)ccc2cc(O)cc(-c3ncc4c(N5CC6CCC(C5)N6)nc(C)c(N)c4c3F)c12. The normalized spacial score (nSPS) is 19.4. The van der Waals surface area contributed by atoms with Gasteiger partial charge in [-0.2, -0.15) is 0 Å². The Morgan fingerprint density at radius 1 is 1.17 bits per heavy atom. The molecule has 6 nitrogen and oxygen atoms in total. The zero-order valence-corrected chi connectivity index (χ0v) is 19.1. The number of benzene rings is 2. The molecule has 2 atom stereocenters. The zero-order valence-electron chi connectivity index (χ0n) is 19.1. The fourth-order valence-corrected chi connectivity index (χ4v) is 5.53. The Balaban J connectivity index is 1.62. The first-order valence-corrected chi connectivity index (χ1v) is 11.5. The van der Waals surface area contributed by atoms with Crippen LogP contribution in [0.5, 0.6) is 5.75 Å². The number of pyridine rings is 2. The molecular weight excluding hydrogens is 448 g/mol. The van der Waals surface area contributed by atoms with Crippen LogP contribution in [0.15, 0.2) is 30.5 Å². The number of piperazine rings is 1. The van der Waals surface area contributed by atoms with Gasteiger partial charge in [-0.25, -0.2) is 13.8 Å². The lowest BCUT2D eigenvalue weighted by molar-refractivity contribution is 0.464. The van der Waals surface area contributed by atoms with E-state index in [1.807, 2.05) is 0 Å². The number of terminal acetylenes is 1. The standard InChI is InChI=1S/C27H23F2N5O/c1-3-18-21(28)7-4-14-8-17(35)9-19(22(14)18)26-24(29)23-20(10-31-26)27(32-13(2)25(23)30)34-11-15-5-6-16(12-34)33-15/h1,4,7-10,15-16,33,35H,5-6,11-12,30H2,2H3. The number of hydrogen-bond acceptors (Lipinski definition) is 6. The number of phenolic OH excluding ortho intramolecular Hbond substituents is 1. The lowest BCUT2D eigenvalue weighted by atomic mass is 9.95. The van der Waals surface area contributed by atoms with E-state index in [2.05, 4.69) is 21.1 Å². The predicted molar refractivity (Wildman–Crippen MR) is 133 cm³/mol. The van der Waals surface area contributed by atoms with Crippen molar-refractivity contribution in [3.05, 3.63) is 53.4 Å². The quantitative estimate of drug-likeness (QED) is 0.379. The molecule has 0 radical (unpaired) electrons. The Kier molecular flexibility index (Phi) is 4.80. The molecule has 0 saturated carbocycles. The number of nitrogens with zero attached hydrogens (tertiary/aromatic N) is 3. The molecule has 176 valence electrons. The number of phenols is 1. The molecule has 2 unspecified atom stereocenters. The van der Waals surface area contributed by atoms with Crippen molar-refractivity contribution in [2.75, 3.05) is 23.7 Å². The highest BCUT2D eigenvalue weighted by Crippen LogP contribution is 2.41. The molecule has 2 aromatic carbocycles. The van der Waals surface area contributed by atoms with Crippen LogP contribution in [0.25, 0.3) is 32.8 Å². The second-order valence-corrected chi connectivity index (χ2v) is 9.34. The molecule has 2 saturated heterocycles. The zero-order chi connectivity index (χ0) is 24.4. The first-order valence-electron chi connectivity index (χ1n) is 11.5. The summed E-state index contributed by atoms with van der Waals surface area (Å²) in [5.74, 6) is 1.63. The monoisotopic (exact) mass is 471 g/mol. The van der Waals surface area contributed by atoms with Crippen LogP contribution in [0.3, 0.4) is 0 Å². The van der Waals surface area contributed by atoms with E-state index in [4.69, 9.17) is 17.1 Å². The highest BCUT2D eigenvalue weighted by atomic mass is 19.1. The van der Waals surface area contributed by atoms with Gasteiger partial charge in [-0.1, -0.05) is 12.0 Å². The number of nitrogens with one attached hydrogen (secondary N) is 1. The van der Waals surface area contributed by atoms with Crippen molar-refractivity contribution in [2.24, 2.45) is 0 Å². The van der Waals surface area contributed by atoms with E-state index in [1.165, 1.54) is 24.3 Å². The van der Waals surface area contributed by atoms with E-state index < -0.39 is 11.6 Å². The molecule has 4 aromatic rings. The number of fused-ring (bicyclic) bond motifs is 4. The second-order valence-electron chi connectivity index (χ2n) is 9.34. The van der Waals surface area contributed by atoms with Crippen molar-refractivity contribution >= 4 is 33.1 Å². The van der Waals surface area contributed by atoms with Crippen LogP contribution in [-0.4, -0.2) is 40.2 Å². The van der Waals surface area contributed by atoms with E-state index in [0.717, 1.165) is 25.9 Å². The van der Waals surface area contributed by atoms with E-state index in [-0.39, 0.29) is 33.6 Å². The number of aromatic hydroxyl groups is 1. The smallest absolute Gasteiger partial charge is 0.159 e. The molecule has 2 aliphatic rings. The van der Waals surface area contributed by atoms with Gasteiger partial charge in [-0.15, -0.1) is 6.42 Å². The van der Waals surface area contributed by atoms with Crippen molar-refractivity contribution in [1.82, 2.24) is 15.3 Å². The van der Waals surface area contributed by atoms with Crippen molar-refractivity contribution in [2.45, 2.75) is 31.8 Å². The maximum Gasteiger partial charge on any atom is 0.159 e. The Morgan fingerprint density at radius 3 is 2.63 bits per heavy atom. The summed E-state index contributed by atoms with van der Waals surface area (Å²) in [5.41, 5.74) is 7.20. The summed E-state index contributed by atoms with van der Waals surface area (Å²) in [5, 5.41) is 15.4. The molecule has 4 N–H and O–H groups in total. The largest absolute Gasteiger partial charge is 0.508 e. The van der Waals surface area contributed by atoms with Gasteiger partial charge in [0, 0.05) is 53.1 Å². The summed E-state index contributed by atoms with van der Waals surface area (Å²) in [6.07, 6.45) is 9.35. The first-order chi connectivity index (χ1) is 16.9. The summed E-state index contributed by atoms with van der Waals surface area (Å²) >= 11 is 0. The van der Waals surface area contributed by atoms with Gasteiger partial charge >= 0.3 is 0 Å². The van der Waals surface area contributed by atoms with Gasteiger partial charge in [0.05, 0.1) is 16.9 Å². The maximum absolute atomic E-state index is 16.3. The summed E-state index contributed by atoms with van der Waals surface area (Å²) < 4.78 is 30.8. The Hall–Kier alpha value is -3.96. The Labute approximate surface area is 200 Å².